The average molecular weight is 723 g/mol. The van der Waals surface area contributed by atoms with Gasteiger partial charge in [-0.3, -0.25) is 14.1 Å². The van der Waals surface area contributed by atoms with Crippen LogP contribution in [-0.4, -0.2) is 41.0 Å². The maximum atomic E-state index is 12.4. The Morgan fingerprint density at radius 2 is 0.920 bits per heavy atom. The predicted octanol–water partition coefficient (Wildman–Crippen LogP) is 11.7. The van der Waals surface area contributed by atoms with Gasteiger partial charge in [0.1, 0.15) is 6.61 Å². The number of phosphoric acid groups is 1. The molecule has 0 aliphatic heterocycles. The summed E-state index contributed by atoms with van der Waals surface area (Å²) in [4.78, 5) is 42.7. The van der Waals surface area contributed by atoms with Gasteiger partial charge in [-0.05, 0) is 77.0 Å². The summed E-state index contributed by atoms with van der Waals surface area (Å²) < 4.78 is 26.2. The molecule has 0 amide bonds. The summed E-state index contributed by atoms with van der Waals surface area (Å²) in [6.07, 6.45) is 45.2. The van der Waals surface area contributed by atoms with Crippen molar-refractivity contribution < 1.29 is 37.9 Å². The molecule has 0 aromatic heterocycles. The van der Waals surface area contributed by atoms with Crippen molar-refractivity contribution in [1.29, 1.82) is 0 Å². The van der Waals surface area contributed by atoms with Crippen LogP contribution in [0, 0.1) is 0 Å². The summed E-state index contributed by atoms with van der Waals surface area (Å²) in [6, 6.07) is 0. The quantitative estimate of drug-likeness (QED) is 0.0287. The van der Waals surface area contributed by atoms with E-state index >= 15 is 0 Å². The van der Waals surface area contributed by atoms with Gasteiger partial charge in [-0.15, -0.1) is 0 Å². The van der Waals surface area contributed by atoms with Crippen LogP contribution in [0.25, 0.3) is 0 Å². The Balaban J connectivity index is 4.10. The van der Waals surface area contributed by atoms with Crippen molar-refractivity contribution in [3.8, 4) is 0 Å². The third-order valence-corrected chi connectivity index (χ3v) is 8.49. The van der Waals surface area contributed by atoms with Crippen LogP contribution in [0.4, 0.5) is 0 Å². The Labute approximate surface area is 305 Å². The van der Waals surface area contributed by atoms with Crippen LogP contribution < -0.4 is 0 Å². The molecule has 50 heavy (non-hydrogen) atoms. The summed E-state index contributed by atoms with van der Waals surface area (Å²) in [5.74, 6) is -0.987. The minimum absolute atomic E-state index is 0.138. The first-order valence-electron chi connectivity index (χ1n) is 19.6. The van der Waals surface area contributed by atoms with Crippen molar-refractivity contribution in [1.82, 2.24) is 0 Å². The van der Waals surface area contributed by atoms with Gasteiger partial charge in [0, 0.05) is 12.8 Å². The zero-order valence-electron chi connectivity index (χ0n) is 31.5. The molecule has 0 heterocycles. The Hall–Kier alpha value is -2.25. The number of carbonyl (C=O) groups is 2. The third-order valence-electron chi connectivity index (χ3n) is 8.01. The van der Waals surface area contributed by atoms with Gasteiger partial charge in [0.25, 0.3) is 0 Å². The molecule has 0 aromatic rings. The highest BCUT2D eigenvalue weighted by molar-refractivity contribution is 7.46. The highest BCUT2D eigenvalue weighted by atomic mass is 31.2. The monoisotopic (exact) mass is 722 g/mol. The van der Waals surface area contributed by atoms with Crippen molar-refractivity contribution in [3.05, 3.63) is 60.8 Å². The van der Waals surface area contributed by atoms with E-state index in [0.29, 0.717) is 19.3 Å². The van der Waals surface area contributed by atoms with E-state index < -0.39 is 32.5 Å². The van der Waals surface area contributed by atoms with E-state index in [1.807, 2.05) is 6.08 Å². The summed E-state index contributed by atoms with van der Waals surface area (Å²) >= 11 is 0. The molecule has 0 unspecified atom stereocenters. The fourth-order valence-corrected chi connectivity index (χ4v) is 5.42. The van der Waals surface area contributed by atoms with E-state index in [9.17, 15) is 14.2 Å². The number of rotatable bonds is 35. The molecule has 9 heteroatoms. The summed E-state index contributed by atoms with van der Waals surface area (Å²) in [7, 11) is -4.77. The lowest BCUT2D eigenvalue weighted by Gasteiger charge is -2.18. The third kappa shape index (κ3) is 38.6. The largest absolute Gasteiger partial charge is 0.469 e. The molecular weight excluding hydrogens is 651 g/mol. The van der Waals surface area contributed by atoms with Gasteiger partial charge in [-0.25, -0.2) is 4.57 Å². The van der Waals surface area contributed by atoms with Gasteiger partial charge in [-0.2, -0.15) is 0 Å². The topological polar surface area (TPSA) is 119 Å². The Kier molecular flexibility index (Phi) is 34.9. The predicted molar refractivity (Wildman–Crippen MR) is 207 cm³/mol. The Morgan fingerprint density at radius 3 is 1.44 bits per heavy atom. The lowest BCUT2D eigenvalue weighted by molar-refractivity contribution is -0.161. The normalized spacial score (nSPS) is 13.1. The molecule has 0 radical (unpaired) electrons. The number of unbranched alkanes of at least 4 members (excludes halogenated alkanes) is 15. The van der Waals surface area contributed by atoms with Gasteiger partial charge in [0.05, 0.1) is 6.61 Å². The van der Waals surface area contributed by atoms with E-state index in [1.54, 1.807) is 0 Å². The highest BCUT2D eigenvalue weighted by Gasteiger charge is 2.22. The maximum absolute atomic E-state index is 12.4. The van der Waals surface area contributed by atoms with E-state index in [0.717, 1.165) is 44.9 Å². The molecule has 0 aromatic carbocycles. The number of hydrogen-bond donors (Lipinski definition) is 2. The van der Waals surface area contributed by atoms with Crippen LogP contribution in [0.1, 0.15) is 168 Å². The first-order chi connectivity index (χ1) is 24.3. The Morgan fingerprint density at radius 1 is 0.520 bits per heavy atom. The maximum Gasteiger partial charge on any atom is 0.469 e. The minimum atomic E-state index is -4.77. The summed E-state index contributed by atoms with van der Waals surface area (Å²) in [6.45, 7) is 3.57. The SMILES string of the molecule is CCCCC/C=C/C/C=C/C/C=C/CCCCC(=O)OC[C@H](COP(=O)(O)O)OC(=O)CCC/C=C/C/C=C/CCCCCCCCCCC. The van der Waals surface area contributed by atoms with Crippen molar-refractivity contribution in [2.75, 3.05) is 13.2 Å². The van der Waals surface area contributed by atoms with Crippen LogP contribution in [0.2, 0.25) is 0 Å². The number of esters is 2. The van der Waals surface area contributed by atoms with Gasteiger partial charge in [0.2, 0.25) is 0 Å². The van der Waals surface area contributed by atoms with E-state index in [4.69, 9.17) is 19.3 Å². The number of ether oxygens (including phenoxy) is 2. The molecule has 2 N–H and O–H groups in total. The van der Waals surface area contributed by atoms with Crippen molar-refractivity contribution in [2.24, 2.45) is 0 Å². The standard InChI is InChI=1S/C41H71O8P/c1-3-5-7-9-11-13-15-17-19-20-22-24-26-28-30-32-34-36-41(43)49-39(38-48-50(44,45)46)37-47-40(42)35-33-31-29-27-25-23-21-18-16-14-12-10-8-6-4-2/h12,14,18,21-22,24-25,27-28,30,39H,3-11,13,15-17,19-20,23,26,29,31-38H2,1-2H3,(H2,44,45,46)/b14-12+,21-18+,24-22+,27-25+,30-28+/t39-/m1/s1. The molecule has 0 aliphatic rings. The second-order valence-corrected chi connectivity index (χ2v) is 14.1. The zero-order chi connectivity index (χ0) is 36.8. The van der Waals surface area contributed by atoms with Crippen molar-refractivity contribution >= 4 is 19.8 Å². The number of phosphoric ester groups is 1. The zero-order valence-corrected chi connectivity index (χ0v) is 32.4. The molecule has 288 valence electrons. The number of carbonyl (C=O) groups excluding carboxylic acids is 2. The lowest BCUT2D eigenvalue weighted by Crippen LogP contribution is -2.29. The molecule has 1 atom stereocenters. The van der Waals surface area contributed by atoms with Crippen molar-refractivity contribution in [3.63, 3.8) is 0 Å². The first kappa shape index (κ1) is 47.8. The summed E-state index contributed by atoms with van der Waals surface area (Å²) in [5.41, 5.74) is 0. The molecule has 0 saturated heterocycles. The van der Waals surface area contributed by atoms with Gasteiger partial charge in [-0.1, -0.05) is 139 Å². The van der Waals surface area contributed by atoms with E-state index in [1.165, 1.54) is 77.0 Å². The summed E-state index contributed by atoms with van der Waals surface area (Å²) in [5, 5.41) is 0. The fourth-order valence-electron chi connectivity index (χ4n) is 5.06. The van der Waals surface area contributed by atoms with Gasteiger partial charge in [0.15, 0.2) is 6.10 Å². The molecule has 0 bridgehead atoms. The molecule has 0 fully saturated rings. The van der Waals surface area contributed by atoms with Crippen LogP contribution in [-0.2, 0) is 28.2 Å². The van der Waals surface area contributed by atoms with Crippen molar-refractivity contribution in [2.45, 2.75) is 174 Å². The van der Waals surface area contributed by atoms with E-state index in [-0.39, 0.29) is 19.4 Å². The van der Waals surface area contributed by atoms with Gasteiger partial charge < -0.3 is 19.3 Å². The lowest BCUT2D eigenvalue weighted by atomic mass is 10.1. The molecule has 0 spiro atoms. The second-order valence-electron chi connectivity index (χ2n) is 12.9. The number of hydrogen-bond acceptors (Lipinski definition) is 6. The number of allylic oxidation sites excluding steroid dienone is 10. The second kappa shape index (κ2) is 36.5. The molecule has 0 saturated carbocycles. The first-order valence-corrected chi connectivity index (χ1v) is 21.1. The minimum Gasteiger partial charge on any atom is -0.462 e. The molecular formula is C41H71O8P. The van der Waals surface area contributed by atoms with Crippen LogP contribution >= 0.6 is 7.82 Å². The fraction of sp³-hybridized carbons (Fsp3) is 0.707. The van der Waals surface area contributed by atoms with Crippen LogP contribution in [0.15, 0.2) is 60.8 Å². The molecule has 0 aliphatic carbocycles. The Bertz CT molecular complexity index is 995. The van der Waals surface area contributed by atoms with Gasteiger partial charge >= 0.3 is 19.8 Å². The average Bonchev–Trinajstić information content (AvgIpc) is 3.08. The smallest absolute Gasteiger partial charge is 0.462 e. The molecule has 8 nitrogen and oxygen atoms in total. The van der Waals surface area contributed by atoms with Crippen LogP contribution in [0.5, 0.6) is 0 Å². The molecule has 0 rings (SSSR count). The van der Waals surface area contributed by atoms with Crippen LogP contribution in [0.3, 0.4) is 0 Å². The van der Waals surface area contributed by atoms with E-state index in [2.05, 4.69) is 73.1 Å². The highest BCUT2D eigenvalue weighted by Crippen LogP contribution is 2.36.